The van der Waals surface area contributed by atoms with Gasteiger partial charge in [0, 0.05) is 16.9 Å². The zero-order valence-corrected chi connectivity index (χ0v) is 12.5. The number of carbonyl (C=O) groups is 2. The molecule has 4 nitrogen and oxygen atoms in total. The second kappa shape index (κ2) is 5.18. The molecule has 0 bridgehead atoms. The number of nitrogens with zero attached hydrogens (tertiary/aromatic N) is 1. The summed E-state index contributed by atoms with van der Waals surface area (Å²) in [7, 11) is 1.55. The summed E-state index contributed by atoms with van der Waals surface area (Å²) in [6.45, 7) is 5.17. The van der Waals surface area contributed by atoms with Crippen LogP contribution in [0.2, 0.25) is 0 Å². The van der Waals surface area contributed by atoms with Crippen molar-refractivity contribution in [3.8, 4) is 0 Å². The molecule has 0 N–H and O–H groups in total. The predicted molar refractivity (Wildman–Crippen MR) is 71.3 cm³/mol. The standard InChI is InChI=1S/C11H14BrNO3S/c1-11(2,3)16-10(15)9(14)13(4)8-5-7(12)6-17-8/h5-6H,1-4H3. The smallest absolute Gasteiger partial charge is 0.397 e. The largest absolute Gasteiger partial charge is 0.453 e. The van der Waals surface area contributed by atoms with Crippen molar-refractivity contribution < 1.29 is 14.3 Å². The molecule has 0 saturated carbocycles. The fraction of sp³-hybridized carbons (Fsp3) is 0.455. The molecule has 1 aromatic heterocycles. The van der Waals surface area contributed by atoms with Gasteiger partial charge >= 0.3 is 11.9 Å². The molecule has 1 rings (SSSR count). The van der Waals surface area contributed by atoms with E-state index in [9.17, 15) is 9.59 Å². The lowest BCUT2D eigenvalue weighted by Gasteiger charge is -2.21. The number of carbonyl (C=O) groups excluding carboxylic acids is 2. The summed E-state index contributed by atoms with van der Waals surface area (Å²) in [6, 6.07) is 1.77. The van der Waals surface area contributed by atoms with Gasteiger partial charge in [-0.1, -0.05) is 0 Å². The lowest BCUT2D eigenvalue weighted by Crippen LogP contribution is -2.38. The van der Waals surface area contributed by atoms with Crippen LogP contribution in [-0.2, 0) is 14.3 Å². The van der Waals surface area contributed by atoms with Gasteiger partial charge in [0.05, 0.1) is 5.00 Å². The number of esters is 1. The molecule has 0 aromatic carbocycles. The van der Waals surface area contributed by atoms with E-state index in [-0.39, 0.29) is 0 Å². The van der Waals surface area contributed by atoms with Crippen molar-refractivity contribution in [3.05, 3.63) is 15.9 Å². The first-order valence-electron chi connectivity index (χ1n) is 4.96. The van der Waals surface area contributed by atoms with Crippen LogP contribution in [0.5, 0.6) is 0 Å². The highest BCUT2D eigenvalue weighted by atomic mass is 79.9. The summed E-state index contributed by atoms with van der Waals surface area (Å²) in [5.74, 6) is -1.52. The molecule has 0 spiro atoms. The first kappa shape index (κ1) is 14.2. The van der Waals surface area contributed by atoms with Crippen molar-refractivity contribution in [3.63, 3.8) is 0 Å². The lowest BCUT2D eigenvalue weighted by atomic mass is 10.2. The van der Waals surface area contributed by atoms with Crippen molar-refractivity contribution >= 4 is 44.1 Å². The normalized spacial score (nSPS) is 11.1. The van der Waals surface area contributed by atoms with Crippen LogP contribution in [0, 0.1) is 0 Å². The molecule has 6 heteroatoms. The number of hydrogen-bond acceptors (Lipinski definition) is 4. The molecule has 1 aromatic rings. The highest BCUT2D eigenvalue weighted by molar-refractivity contribution is 9.10. The summed E-state index contributed by atoms with van der Waals surface area (Å²) < 4.78 is 5.89. The van der Waals surface area contributed by atoms with E-state index in [1.54, 1.807) is 33.9 Å². The molecule has 94 valence electrons. The molecule has 0 fully saturated rings. The average molecular weight is 320 g/mol. The van der Waals surface area contributed by atoms with Crippen molar-refractivity contribution in [1.82, 2.24) is 0 Å². The van der Waals surface area contributed by atoms with Crippen LogP contribution < -0.4 is 4.90 Å². The number of amides is 1. The SMILES string of the molecule is CN(C(=O)C(=O)OC(C)(C)C)c1cc(Br)cs1. The van der Waals surface area contributed by atoms with Gasteiger partial charge in [-0.25, -0.2) is 4.79 Å². The van der Waals surface area contributed by atoms with Crippen LogP contribution in [0.4, 0.5) is 5.00 Å². The maximum atomic E-state index is 11.8. The molecule has 1 amide bonds. The first-order chi connectivity index (χ1) is 7.70. The maximum Gasteiger partial charge on any atom is 0.397 e. The van der Waals surface area contributed by atoms with Gasteiger partial charge < -0.3 is 4.74 Å². The Morgan fingerprint density at radius 2 is 2.00 bits per heavy atom. The van der Waals surface area contributed by atoms with E-state index < -0.39 is 17.5 Å². The van der Waals surface area contributed by atoms with E-state index in [1.165, 1.54) is 16.2 Å². The Morgan fingerprint density at radius 3 is 2.41 bits per heavy atom. The van der Waals surface area contributed by atoms with Gasteiger partial charge in [0.1, 0.15) is 5.60 Å². The predicted octanol–water partition coefficient (Wildman–Crippen LogP) is 2.82. The monoisotopic (exact) mass is 319 g/mol. The lowest BCUT2D eigenvalue weighted by molar-refractivity contribution is -0.162. The number of halogens is 1. The van der Waals surface area contributed by atoms with Crippen LogP contribution in [0.3, 0.4) is 0 Å². The summed E-state index contributed by atoms with van der Waals surface area (Å²) >= 11 is 4.66. The van der Waals surface area contributed by atoms with Gasteiger partial charge in [0.25, 0.3) is 0 Å². The Labute approximate surface area is 113 Å². The van der Waals surface area contributed by atoms with Crippen molar-refractivity contribution in [2.45, 2.75) is 26.4 Å². The van der Waals surface area contributed by atoms with Gasteiger partial charge in [-0.05, 0) is 42.8 Å². The summed E-state index contributed by atoms with van der Waals surface area (Å²) in [6.07, 6.45) is 0. The van der Waals surface area contributed by atoms with Crippen molar-refractivity contribution in [2.24, 2.45) is 0 Å². The highest BCUT2D eigenvalue weighted by Crippen LogP contribution is 2.27. The maximum absolute atomic E-state index is 11.8. The van der Waals surface area contributed by atoms with E-state index in [1.807, 2.05) is 5.38 Å². The minimum atomic E-state index is -0.843. The number of hydrogen-bond donors (Lipinski definition) is 0. The van der Waals surface area contributed by atoms with E-state index in [4.69, 9.17) is 4.74 Å². The topological polar surface area (TPSA) is 46.6 Å². The van der Waals surface area contributed by atoms with Crippen LogP contribution in [0.25, 0.3) is 0 Å². The summed E-state index contributed by atoms with van der Waals surface area (Å²) in [5.41, 5.74) is -0.663. The third-order valence-corrected chi connectivity index (χ3v) is 3.53. The van der Waals surface area contributed by atoms with Crippen LogP contribution in [-0.4, -0.2) is 24.5 Å². The average Bonchev–Trinajstić information content (AvgIpc) is 2.60. The number of likely N-dealkylation sites (N-methyl/N-ethyl adjacent to an activating group) is 1. The molecule has 0 radical (unpaired) electrons. The van der Waals surface area contributed by atoms with E-state index in [2.05, 4.69) is 15.9 Å². The second-order valence-corrected chi connectivity index (χ2v) is 6.27. The third-order valence-electron chi connectivity index (χ3n) is 1.76. The Hall–Kier alpha value is -0.880. The van der Waals surface area contributed by atoms with Gasteiger partial charge in [0.15, 0.2) is 0 Å². The number of anilines is 1. The Bertz CT molecular complexity index is 436. The van der Waals surface area contributed by atoms with E-state index >= 15 is 0 Å². The highest BCUT2D eigenvalue weighted by Gasteiger charge is 2.26. The Morgan fingerprint density at radius 1 is 1.41 bits per heavy atom. The Kier molecular flexibility index (Phi) is 4.32. The number of ether oxygens (including phenoxy) is 1. The first-order valence-corrected chi connectivity index (χ1v) is 6.63. The molecule has 0 aliphatic heterocycles. The zero-order valence-electron chi connectivity index (χ0n) is 10.1. The summed E-state index contributed by atoms with van der Waals surface area (Å²) in [4.78, 5) is 24.6. The molecule has 0 saturated heterocycles. The molecule has 0 unspecified atom stereocenters. The molecule has 1 heterocycles. The molecule has 0 aliphatic carbocycles. The third kappa shape index (κ3) is 4.12. The fourth-order valence-corrected chi connectivity index (χ4v) is 2.42. The van der Waals surface area contributed by atoms with Gasteiger partial charge in [-0.15, -0.1) is 11.3 Å². The van der Waals surface area contributed by atoms with E-state index in [0.717, 1.165) is 4.47 Å². The van der Waals surface area contributed by atoms with Gasteiger partial charge in [-0.2, -0.15) is 0 Å². The minimum Gasteiger partial charge on any atom is -0.453 e. The second-order valence-electron chi connectivity index (χ2n) is 4.47. The van der Waals surface area contributed by atoms with E-state index in [0.29, 0.717) is 5.00 Å². The molecular formula is C11H14BrNO3S. The molecule has 0 atom stereocenters. The van der Waals surface area contributed by atoms with Crippen LogP contribution >= 0.6 is 27.3 Å². The molecule has 17 heavy (non-hydrogen) atoms. The molecule has 0 aliphatic rings. The van der Waals surface area contributed by atoms with Gasteiger partial charge in [0.2, 0.25) is 0 Å². The number of thiophene rings is 1. The fourth-order valence-electron chi connectivity index (χ4n) is 1.04. The number of rotatable bonds is 1. The van der Waals surface area contributed by atoms with Crippen LogP contribution in [0.1, 0.15) is 20.8 Å². The molecular weight excluding hydrogens is 306 g/mol. The van der Waals surface area contributed by atoms with Crippen molar-refractivity contribution in [2.75, 3.05) is 11.9 Å². The minimum absolute atomic E-state index is 0.663. The quantitative estimate of drug-likeness (QED) is 0.590. The summed E-state index contributed by atoms with van der Waals surface area (Å²) in [5, 5.41) is 2.53. The van der Waals surface area contributed by atoms with Crippen LogP contribution in [0.15, 0.2) is 15.9 Å². The van der Waals surface area contributed by atoms with Crippen molar-refractivity contribution in [1.29, 1.82) is 0 Å². The van der Waals surface area contributed by atoms with Gasteiger partial charge in [-0.3, -0.25) is 9.69 Å². The zero-order chi connectivity index (χ0) is 13.2. The Balaban J connectivity index is 2.74.